The van der Waals surface area contributed by atoms with Gasteiger partial charge in [-0.3, -0.25) is 9.78 Å². The van der Waals surface area contributed by atoms with Gasteiger partial charge in [0, 0.05) is 31.5 Å². The highest BCUT2D eigenvalue weighted by Gasteiger charge is 2.31. The molecule has 1 amide bonds. The number of piperidine rings is 1. The maximum absolute atomic E-state index is 12.5. The van der Waals surface area contributed by atoms with E-state index in [0.29, 0.717) is 18.0 Å². The molecule has 0 saturated carbocycles. The number of aryl methyl sites for hydroxylation is 1. The molecule has 2 rings (SSSR count). The van der Waals surface area contributed by atoms with Gasteiger partial charge in [0.15, 0.2) is 0 Å². The van der Waals surface area contributed by atoms with E-state index in [-0.39, 0.29) is 11.9 Å². The van der Waals surface area contributed by atoms with E-state index in [1.54, 1.807) is 12.4 Å². The molecule has 2 heterocycles. The van der Waals surface area contributed by atoms with Crippen molar-refractivity contribution in [3.63, 3.8) is 0 Å². The summed E-state index contributed by atoms with van der Waals surface area (Å²) in [5.41, 5.74) is 7.50. The van der Waals surface area contributed by atoms with Crippen molar-refractivity contribution in [2.45, 2.75) is 32.7 Å². The van der Waals surface area contributed by atoms with Crippen LogP contribution in [0.4, 0.5) is 0 Å². The van der Waals surface area contributed by atoms with Gasteiger partial charge in [-0.2, -0.15) is 0 Å². The van der Waals surface area contributed by atoms with Gasteiger partial charge in [-0.1, -0.05) is 6.92 Å². The first kappa shape index (κ1) is 13.0. The van der Waals surface area contributed by atoms with Crippen LogP contribution in [0, 0.1) is 12.8 Å². The van der Waals surface area contributed by atoms with E-state index in [1.807, 2.05) is 17.9 Å². The Morgan fingerprint density at radius 3 is 3.00 bits per heavy atom. The SMILES string of the molecule is Cc1cncc(C(=O)N2CCC[C@H](C)[C@@H]2CN)c1. The van der Waals surface area contributed by atoms with Gasteiger partial charge >= 0.3 is 0 Å². The molecule has 4 nitrogen and oxygen atoms in total. The molecular weight excluding hydrogens is 226 g/mol. The van der Waals surface area contributed by atoms with Crippen LogP contribution in [0.1, 0.15) is 35.7 Å². The highest BCUT2D eigenvalue weighted by Crippen LogP contribution is 2.24. The summed E-state index contributed by atoms with van der Waals surface area (Å²) in [6.45, 7) is 5.46. The Kier molecular flexibility index (Phi) is 3.97. The average molecular weight is 247 g/mol. The molecule has 0 bridgehead atoms. The van der Waals surface area contributed by atoms with Gasteiger partial charge < -0.3 is 10.6 Å². The Labute approximate surface area is 108 Å². The third-order valence-electron chi connectivity index (χ3n) is 3.74. The molecule has 1 fully saturated rings. The third-order valence-corrected chi connectivity index (χ3v) is 3.74. The molecule has 18 heavy (non-hydrogen) atoms. The second-order valence-corrected chi connectivity index (χ2v) is 5.17. The minimum atomic E-state index is 0.0631. The summed E-state index contributed by atoms with van der Waals surface area (Å²) in [6, 6.07) is 2.05. The maximum atomic E-state index is 12.5. The lowest BCUT2D eigenvalue weighted by Gasteiger charge is -2.39. The minimum absolute atomic E-state index is 0.0631. The van der Waals surface area contributed by atoms with Gasteiger partial charge in [-0.25, -0.2) is 0 Å². The monoisotopic (exact) mass is 247 g/mol. The summed E-state index contributed by atoms with van der Waals surface area (Å²) in [4.78, 5) is 18.5. The van der Waals surface area contributed by atoms with Crippen molar-refractivity contribution in [1.29, 1.82) is 0 Å². The number of nitrogens with two attached hydrogens (primary N) is 1. The second kappa shape index (κ2) is 5.48. The van der Waals surface area contributed by atoms with E-state index in [2.05, 4.69) is 11.9 Å². The highest BCUT2D eigenvalue weighted by atomic mass is 16.2. The fourth-order valence-corrected chi connectivity index (χ4v) is 2.70. The van der Waals surface area contributed by atoms with Gasteiger partial charge in [-0.05, 0) is 37.3 Å². The number of rotatable bonds is 2. The Hall–Kier alpha value is -1.42. The normalized spacial score (nSPS) is 24.1. The number of carbonyl (C=O) groups excluding carboxylic acids is 1. The first-order chi connectivity index (χ1) is 8.63. The quantitative estimate of drug-likeness (QED) is 0.863. The molecule has 0 radical (unpaired) electrons. The van der Waals surface area contributed by atoms with Crippen molar-refractivity contribution in [2.75, 3.05) is 13.1 Å². The number of nitrogens with zero attached hydrogens (tertiary/aromatic N) is 2. The molecule has 2 N–H and O–H groups in total. The van der Waals surface area contributed by atoms with Crippen LogP contribution in [0.2, 0.25) is 0 Å². The van der Waals surface area contributed by atoms with Crippen LogP contribution in [0.5, 0.6) is 0 Å². The molecule has 0 aliphatic carbocycles. The number of aromatic nitrogens is 1. The second-order valence-electron chi connectivity index (χ2n) is 5.17. The van der Waals surface area contributed by atoms with Crippen LogP contribution in [0.3, 0.4) is 0 Å². The lowest BCUT2D eigenvalue weighted by Crippen LogP contribution is -2.51. The van der Waals surface area contributed by atoms with Gasteiger partial charge in [0.2, 0.25) is 0 Å². The Morgan fingerprint density at radius 2 is 2.33 bits per heavy atom. The number of amides is 1. The summed E-state index contributed by atoms with van der Waals surface area (Å²) in [5, 5.41) is 0. The van der Waals surface area contributed by atoms with E-state index in [4.69, 9.17) is 5.73 Å². The Balaban J connectivity index is 2.21. The summed E-state index contributed by atoms with van der Waals surface area (Å²) in [5.74, 6) is 0.540. The number of hydrogen-bond donors (Lipinski definition) is 1. The Bertz CT molecular complexity index is 433. The Morgan fingerprint density at radius 1 is 1.56 bits per heavy atom. The summed E-state index contributed by atoms with van der Waals surface area (Å²) >= 11 is 0. The van der Waals surface area contributed by atoms with Crippen molar-refractivity contribution in [3.8, 4) is 0 Å². The van der Waals surface area contributed by atoms with Crippen LogP contribution in [0.25, 0.3) is 0 Å². The first-order valence-corrected chi connectivity index (χ1v) is 6.56. The molecule has 0 unspecified atom stereocenters. The number of hydrogen-bond acceptors (Lipinski definition) is 3. The standard InChI is InChI=1S/C14H21N3O/c1-10-6-12(9-16-8-10)14(18)17-5-3-4-11(2)13(17)7-15/h6,8-9,11,13H,3-5,7,15H2,1-2H3/t11-,13-/m0/s1. The van der Waals surface area contributed by atoms with Crippen LogP contribution >= 0.6 is 0 Å². The lowest BCUT2D eigenvalue weighted by molar-refractivity contribution is 0.0532. The first-order valence-electron chi connectivity index (χ1n) is 6.56. The van der Waals surface area contributed by atoms with Crippen LogP contribution < -0.4 is 5.73 Å². The molecule has 4 heteroatoms. The molecule has 1 aromatic heterocycles. The molecule has 1 aromatic rings. The van der Waals surface area contributed by atoms with Gasteiger partial charge in [-0.15, -0.1) is 0 Å². The third kappa shape index (κ3) is 2.53. The van der Waals surface area contributed by atoms with E-state index in [1.165, 1.54) is 0 Å². The summed E-state index contributed by atoms with van der Waals surface area (Å²) in [7, 11) is 0. The molecule has 1 aliphatic rings. The predicted octanol–water partition coefficient (Wildman–Crippen LogP) is 1.59. The van der Waals surface area contributed by atoms with E-state index in [9.17, 15) is 4.79 Å². The van der Waals surface area contributed by atoms with E-state index >= 15 is 0 Å². The molecule has 0 spiro atoms. The molecule has 98 valence electrons. The number of carbonyl (C=O) groups is 1. The summed E-state index contributed by atoms with van der Waals surface area (Å²) in [6.07, 6.45) is 5.61. The average Bonchev–Trinajstić information content (AvgIpc) is 2.37. The molecular formula is C14H21N3O. The lowest BCUT2D eigenvalue weighted by atomic mass is 9.90. The largest absolute Gasteiger partial charge is 0.334 e. The van der Waals surface area contributed by atoms with Crippen molar-refractivity contribution in [3.05, 3.63) is 29.6 Å². The summed E-state index contributed by atoms with van der Waals surface area (Å²) < 4.78 is 0. The molecule has 2 atom stereocenters. The van der Waals surface area contributed by atoms with Gasteiger partial charge in [0.25, 0.3) is 5.91 Å². The molecule has 1 saturated heterocycles. The van der Waals surface area contributed by atoms with Crippen LogP contribution in [-0.4, -0.2) is 34.9 Å². The maximum Gasteiger partial charge on any atom is 0.255 e. The number of likely N-dealkylation sites (tertiary alicyclic amines) is 1. The van der Waals surface area contributed by atoms with Gasteiger partial charge in [0.05, 0.1) is 5.56 Å². The minimum Gasteiger partial charge on any atom is -0.334 e. The van der Waals surface area contributed by atoms with Crippen molar-refractivity contribution in [2.24, 2.45) is 11.7 Å². The molecule has 1 aliphatic heterocycles. The zero-order valence-corrected chi connectivity index (χ0v) is 11.1. The predicted molar refractivity (Wildman–Crippen MR) is 71.3 cm³/mol. The van der Waals surface area contributed by atoms with Crippen molar-refractivity contribution in [1.82, 2.24) is 9.88 Å². The van der Waals surface area contributed by atoms with Crippen molar-refractivity contribution >= 4 is 5.91 Å². The van der Waals surface area contributed by atoms with Crippen LogP contribution in [-0.2, 0) is 0 Å². The van der Waals surface area contributed by atoms with E-state index in [0.717, 1.165) is 24.9 Å². The molecule has 0 aromatic carbocycles. The van der Waals surface area contributed by atoms with E-state index < -0.39 is 0 Å². The topological polar surface area (TPSA) is 59.2 Å². The smallest absolute Gasteiger partial charge is 0.255 e. The van der Waals surface area contributed by atoms with Gasteiger partial charge in [0.1, 0.15) is 0 Å². The van der Waals surface area contributed by atoms with Crippen molar-refractivity contribution < 1.29 is 4.79 Å². The number of pyridine rings is 1. The highest BCUT2D eigenvalue weighted by molar-refractivity contribution is 5.94. The fourth-order valence-electron chi connectivity index (χ4n) is 2.70. The van der Waals surface area contributed by atoms with Crippen LogP contribution in [0.15, 0.2) is 18.5 Å². The zero-order valence-electron chi connectivity index (χ0n) is 11.1. The fraction of sp³-hybridized carbons (Fsp3) is 0.571. The zero-order chi connectivity index (χ0) is 13.1.